The van der Waals surface area contributed by atoms with Gasteiger partial charge in [0.15, 0.2) is 0 Å². The highest BCUT2D eigenvalue weighted by atomic mass is 16.5. The predicted octanol–water partition coefficient (Wildman–Crippen LogP) is 4.25. The van der Waals surface area contributed by atoms with Crippen molar-refractivity contribution in [3.05, 3.63) is 0 Å². The van der Waals surface area contributed by atoms with Gasteiger partial charge in [0.05, 0.1) is 5.41 Å². The molecule has 19 heavy (non-hydrogen) atoms. The number of hydrogen-bond acceptors (Lipinski definition) is 2. The van der Waals surface area contributed by atoms with E-state index in [0.29, 0.717) is 6.61 Å². The largest absolute Gasteiger partial charge is 0.481 e. The summed E-state index contributed by atoms with van der Waals surface area (Å²) in [4.78, 5) is 11.6. The second-order valence-electron chi connectivity index (χ2n) is 5.97. The Labute approximate surface area is 117 Å². The SMILES string of the molecule is CCCCC1CCC(CCCOCC)(C(=O)O)CC1. The van der Waals surface area contributed by atoms with Gasteiger partial charge in [-0.3, -0.25) is 4.79 Å². The molecule has 1 N–H and O–H groups in total. The quantitative estimate of drug-likeness (QED) is 0.637. The van der Waals surface area contributed by atoms with Crippen LogP contribution in [0.3, 0.4) is 0 Å². The van der Waals surface area contributed by atoms with Crippen LogP contribution in [0.1, 0.15) is 71.6 Å². The zero-order chi connectivity index (χ0) is 14.1. The van der Waals surface area contributed by atoms with Crippen LogP contribution in [0.5, 0.6) is 0 Å². The molecule has 3 nitrogen and oxygen atoms in total. The van der Waals surface area contributed by atoms with Crippen LogP contribution < -0.4 is 0 Å². The maximum Gasteiger partial charge on any atom is 0.309 e. The van der Waals surface area contributed by atoms with E-state index in [-0.39, 0.29) is 0 Å². The summed E-state index contributed by atoms with van der Waals surface area (Å²) in [6.07, 6.45) is 9.39. The van der Waals surface area contributed by atoms with Gasteiger partial charge in [0, 0.05) is 13.2 Å². The van der Waals surface area contributed by atoms with Gasteiger partial charge in [0.25, 0.3) is 0 Å². The zero-order valence-electron chi connectivity index (χ0n) is 12.6. The zero-order valence-corrected chi connectivity index (χ0v) is 12.6. The van der Waals surface area contributed by atoms with Gasteiger partial charge in [0.2, 0.25) is 0 Å². The lowest BCUT2D eigenvalue weighted by Crippen LogP contribution is -2.35. The minimum absolute atomic E-state index is 0.459. The topological polar surface area (TPSA) is 46.5 Å². The lowest BCUT2D eigenvalue weighted by Gasteiger charge is -2.37. The number of carbonyl (C=O) groups is 1. The van der Waals surface area contributed by atoms with Crippen molar-refractivity contribution in [1.82, 2.24) is 0 Å². The number of carboxylic acids is 1. The third-order valence-electron chi connectivity index (χ3n) is 4.63. The Morgan fingerprint density at radius 1 is 1.26 bits per heavy atom. The van der Waals surface area contributed by atoms with Crippen LogP contribution in [0.25, 0.3) is 0 Å². The highest BCUT2D eigenvalue weighted by molar-refractivity contribution is 5.74. The fraction of sp³-hybridized carbons (Fsp3) is 0.938. The molecule has 1 aliphatic rings. The highest BCUT2D eigenvalue weighted by Gasteiger charge is 2.41. The first kappa shape index (κ1) is 16.5. The van der Waals surface area contributed by atoms with Crippen LogP contribution in [-0.2, 0) is 9.53 Å². The Balaban J connectivity index is 2.40. The summed E-state index contributed by atoms with van der Waals surface area (Å²) in [6, 6.07) is 0. The average molecular weight is 270 g/mol. The van der Waals surface area contributed by atoms with E-state index in [1.807, 2.05) is 6.92 Å². The minimum Gasteiger partial charge on any atom is -0.481 e. The number of ether oxygens (including phenoxy) is 1. The van der Waals surface area contributed by atoms with Crippen LogP contribution in [0.2, 0.25) is 0 Å². The van der Waals surface area contributed by atoms with Crippen LogP contribution in [-0.4, -0.2) is 24.3 Å². The summed E-state index contributed by atoms with van der Waals surface area (Å²) in [5.41, 5.74) is -0.459. The summed E-state index contributed by atoms with van der Waals surface area (Å²) in [7, 11) is 0. The molecule has 0 radical (unpaired) electrons. The monoisotopic (exact) mass is 270 g/mol. The summed E-state index contributed by atoms with van der Waals surface area (Å²) >= 11 is 0. The Hall–Kier alpha value is -0.570. The molecule has 1 aliphatic carbocycles. The van der Waals surface area contributed by atoms with Gasteiger partial charge >= 0.3 is 5.97 Å². The summed E-state index contributed by atoms with van der Waals surface area (Å²) in [5, 5.41) is 9.57. The number of hydrogen-bond donors (Lipinski definition) is 1. The Kier molecular flexibility index (Phi) is 7.44. The number of carboxylic acid groups (broad SMARTS) is 1. The lowest BCUT2D eigenvalue weighted by atomic mass is 9.67. The second-order valence-corrected chi connectivity index (χ2v) is 5.97. The smallest absolute Gasteiger partial charge is 0.309 e. The van der Waals surface area contributed by atoms with E-state index in [0.717, 1.165) is 51.0 Å². The van der Waals surface area contributed by atoms with E-state index in [4.69, 9.17) is 4.74 Å². The highest BCUT2D eigenvalue weighted by Crippen LogP contribution is 2.44. The van der Waals surface area contributed by atoms with Gasteiger partial charge in [-0.1, -0.05) is 26.2 Å². The first-order valence-electron chi connectivity index (χ1n) is 7.95. The predicted molar refractivity (Wildman–Crippen MR) is 77.3 cm³/mol. The van der Waals surface area contributed by atoms with E-state index in [1.165, 1.54) is 19.3 Å². The molecule has 1 fully saturated rings. The van der Waals surface area contributed by atoms with Gasteiger partial charge < -0.3 is 9.84 Å². The average Bonchev–Trinajstić information content (AvgIpc) is 2.42. The van der Waals surface area contributed by atoms with E-state index in [2.05, 4.69) is 6.92 Å². The molecule has 0 aromatic carbocycles. The first-order chi connectivity index (χ1) is 9.14. The molecule has 0 unspecified atom stereocenters. The molecule has 112 valence electrons. The van der Waals surface area contributed by atoms with Gasteiger partial charge in [-0.2, -0.15) is 0 Å². The molecule has 0 bridgehead atoms. The first-order valence-corrected chi connectivity index (χ1v) is 7.95. The maximum absolute atomic E-state index is 11.6. The second kappa shape index (κ2) is 8.57. The molecule has 0 saturated heterocycles. The van der Waals surface area contributed by atoms with Crippen molar-refractivity contribution in [1.29, 1.82) is 0 Å². The molecule has 0 atom stereocenters. The van der Waals surface area contributed by atoms with Crippen molar-refractivity contribution in [3.63, 3.8) is 0 Å². The third kappa shape index (κ3) is 5.13. The number of rotatable bonds is 9. The fourth-order valence-corrected chi connectivity index (χ4v) is 3.24. The number of unbranched alkanes of at least 4 members (excludes halogenated alkanes) is 1. The molecule has 0 spiro atoms. The van der Waals surface area contributed by atoms with Gasteiger partial charge in [-0.25, -0.2) is 0 Å². The van der Waals surface area contributed by atoms with Crippen LogP contribution >= 0.6 is 0 Å². The standard InChI is InChI=1S/C16H30O3/c1-3-5-7-14-8-11-16(12-9-14,15(17)18)10-6-13-19-4-2/h14H,3-13H2,1-2H3,(H,17,18). The van der Waals surface area contributed by atoms with Crippen molar-refractivity contribution in [2.24, 2.45) is 11.3 Å². The Bertz CT molecular complexity index is 255. The molecule has 1 rings (SSSR count). The van der Waals surface area contributed by atoms with Crippen molar-refractivity contribution < 1.29 is 14.6 Å². The van der Waals surface area contributed by atoms with E-state index < -0.39 is 11.4 Å². The van der Waals surface area contributed by atoms with Crippen LogP contribution in [0.15, 0.2) is 0 Å². The third-order valence-corrected chi connectivity index (χ3v) is 4.63. The van der Waals surface area contributed by atoms with Crippen LogP contribution in [0, 0.1) is 11.3 Å². The summed E-state index contributed by atoms with van der Waals surface area (Å²) in [6.45, 7) is 5.62. The van der Waals surface area contributed by atoms with Crippen LogP contribution in [0.4, 0.5) is 0 Å². The molecule has 1 saturated carbocycles. The van der Waals surface area contributed by atoms with E-state index in [1.54, 1.807) is 0 Å². The van der Waals surface area contributed by atoms with E-state index in [9.17, 15) is 9.90 Å². The van der Waals surface area contributed by atoms with Gasteiger partial charge in [0.1, 0.15) is 0 Å². The molecule has 3 heteroatoms. The molecular weight excluding hydrogens is 240 g/mol. The van der Waals surface area contributed by atoms with Crippen molar-refractivity contribution in [2.45, 2.75) is 71.6 Å². The molecule has 0 heterocycles. The van der Waals surface area contributed by atoms with Crippen molar-refractivity contribution >= 4 is 5.97 Å². The minimum atomic E-state index is -0.585. The molecule has 0 amide bonds. The fourth-order valence-electron chi connectivity index (χ4n) is 3.24. The van der Waals surface area contributed by atoms with Gasteiger partial charge in [-0.15, -0.1) is 0 Å². The molecular formula is C16H30O3. The maximum atomic E-state index is 11.6. The number of aliphatic carboxylic acids is 1. The van der Waals surface area contributed by atoms with Crippen molar-refractivity contribution in [2.75, 3.05) is 13.2 Å². The van der Waals surface area contributed by atoms with E-state index >= 15 is 0 Å². The molecule has 0 aromatic rings. The van der Waals surface area contributed by atoms with Crippen molar-refractivity contribution in [3.8, 4) is 0 Å². The summed E-state index contributed by atoms with van der Waals surface area (Å²) in [5.74, 6) is 0.178. The molecule has 0 aromatic heterocycles. The summed E-state index contributed by atoms with van der Waals surface area (Å²) < 4.78 is 5.33. The molecule has 0 aliphatic heterocycles. The van der Waals surface area contributed by atoms with Gasteiger partial charge in [-0.05, 0) is 51.4 Å². The Morgan fingerprint density at radius 3 is 2.47 bits per heavy atom. The Morgan fingerprint density at radius 2 is 1.95 bits per heavy atom. The normalized spacial score (nSPS) is 27.4. The lowest BCUT2D eigenvalue weighted by molar-refractivity contribution is -0.152.